The largest absolute Gasteiger partial charge is 0.483 e. The maximum Gasteiger partial charge on any atom is 0.363 e. The molecule has 1 aliphatic heterocycles. The van der Waals surface area contributed by atoms with Crippen molar-refractivity contribution in [3.05, 3.63) is 104 Å². The average Bonchev–Trinajstić information content (AvgIpc) is 3.14. The number of carbonyl (C=O) groups excluding carboxylic acids is 2. The molecule has 8 heteroatoms. The van der Waals surface area contributed by atoms with Crippen LogP contribution in [-0.4, -0.2) is 24.3 Å². The third-order valence-corrected chi connectivity index (χ3v) is 5.66. The Morgan fingerprint density at radius 2 is 1.69 bits per heavy atom. The molecule has 0 saturated carbocycles. The molecule has 0 saturated heterocycles. The summed E-state index contributed by atoms with van der Waals surface area (Å²) in [6.45, 7) is -0.126. The van der Waals surface area contributed by atoms with E-state index in [0.29, 0.717) is 31.4 Å². The molecule has 0 fully saturated rings. The minimum atomic E-state index is -0.606. The molecule has 0 radical (unpaired) electrons. The Hall–Kier alpha value is -3.10. The number of ether oxygens (including phenoxy) is 2. The number of hydrogen-bond donors (Lipinski definition) is 0. The third-order valence-electron chi connectivity index (χ3n) is 4.48. The monoisotopic (exact) mass is 557 g/mol. The van der Waals surface area contributed by atoms with Crippen molar-refractivity contribution in [3.63, 3.8) is 0 Å². The average molecular weight is 559 g/mol. The fourth-order valence-electron chi connectivity index (χ4n) is 2.93. The van der Waals surface area contributed by atoms with Gasteiger partial charge >= 0.3 is 5.97 Å². The zero-order chi connectivity index (χ0) is 22.7. The van der Waals surface area contributed by atoms with E-state index in [-0.39, 0.29) is 24.0 Å². The fourth-order valence-corrected chi connectivity index (χ4v) is 4.38. The van der Waals surface area contributed by atoms with Crippen molar-refractivity contribution in [2.75, 3.05) is 6.61 Å². The van der Waals surface area contributed by atoms with Crippen LogP contribution in [0.25, 0.3) is 6.08 Å². The van der Waals surface area contributed by atoms with Crippen molar-refractivity contribution in [1.29, 1.82) is 0 Å². The molecule has 3 aromatic carbocycles. The van der Waals surface area contributed by atoms with Crippen molar-refractivity contribution in [3.8, 4) is 5.75 Å². The number of halogens is 3. The van der Waals surface area contributed by atoms with E-state index in [0.717, 1.165) is 0 Å². The van der Waals surface area contributed by atoms with Crippen LogP contribution < -0.4 is 4.74 Å². The van der Waals surface area contributed by atoms with Gasteiger partial charge in [-0.05, 0) is 79.9 Å². The van der Waals surface area contributed by atoms with Crippen molar-refractivity contribution in [1.82, 2.24) is 0 Å². The zero-order valence-electron chi connectivity index (χ0n) is 16.3. The highest BCUT2D eigenvalue weighted by Gasteiger charge is 2.24. The number of aliphatic imine (C=N–C) groups is 1. The molecule has 0 aromatic heterocycles. The SMILES string of the molecule is O=C1OC(c2ccc(F)cc2)=N/C1=C\c1cc(Br)c(OCC(=O)c2ccccc2)c(Br)c1. The van der Waals surface area contributed by atoms with Gasteiger partial charge < -0.3 is 9.47 Å². The molecule has 1 aliphatic rings. The quantitative estimate of drug-likeness (QED) is 0.213. The van der Waals surface area contributed by atoms with Crippen molar-refractivity contribution in [2.24, 2.45) is 4.99 Å². The Labute approximate surface area is 199 Å². The standard InChI is InChI=1S/C24H14Br2FNO4/c25-18-10-14(11-19(26)22(18)31-13-21(29)15-4-2-1-3-5-15)12-20-24(30)32-23(28-20)16-6-8-17(27)9-7-16/h1-12H,13H2/b20-12-. The van der Waals surface area contributed by atoms with Gasteiger partial charge in [0.05, 0.1) is 8.95 Å². The maximum atomic E-state index is 13.1. The highest BCUT2D eigenvalue weighted by Crippen LogP contribution is 2.36. The number of ketones is 1. The van der Waals surface area contributed by atoms with Crippen LogP contribution >= 0.6 is 31.9 Å². The summed E-state index contributed by atoms with van der Waals surface area (Å²) in [4.78, 5) is 28.7. The first-order valence-corrected chi connectivity index (χ1v) is 11.0. The minimum Gasteiger partial charge on any atom is -0.483 e. The fraction of sp³-hybridized carbons (Fsp3) is 0.0417. The van der Waals surface area contributed by atoms with Crippen molar-refractivity contribution < 1.29 is 23.5 Å². The lowest BCUT2D eigenvalue weighted by molar-refractivity contribution is -0.129. The lowest BCUT2D eigenvalue weighted by Crippen LogP contribution is -2.12. The van der Waals surface area contributed by atoms with E-state index in [1.165, 1.54) is 24.3 Å². The molecule has 0 atom stereocenters. The Morgan fingerprint density at radius 3 is 2.34 bits per heavy atom. The van der Waals surface area contributed by atoms with Crippen LogP contribution in [0.15, 0.2) is 86.4 Å². The van der Waals surface area contributed by atoms with E-state index in [2.05, 4.69) is 36.9 Å². The number of esters is 1. The number of carbonyl (C=O) groups is 2. The van der Waals surface area contributed by atoms with Gasteiger partial charge in [0.25, 0.3) is 0 Å². The Balaban J connectivity index is 1.52. The number of benzene rings is 3. The van der Waals surface area contributed by atoms with Crippen LogP contribution in [0.1, 0.15) is 21.5 Å². The molecular formula is C24H14Br2FNO4. The number of hydrogen-bond acceptors (Lipinski definition) is 5. The number of nitrogens with zero attached hydrogens (tertiary/aromatic N) is 1. The third kappa shape index (κ3) is 5.03. The van der Waals surface area contributed by atoms with Gasteiger partial charge in [0.15, 0.2) is 18.1 Å². The normalized spacial score (nSPS) is 14.3. The van der Waals surface area contributed by atoms with Gasteiger partial charge in [-0.2, -0.15) is 0 Å². The molecule has 32 heavy (non-hydrogen) atoms. The van der Waals surface area contributed by atoms with E-state index in [1.54, 1.807) is 42.5 Å². The predicted molar refractivity (Wildman–Crippen MR) is 125 cm³/mol. The summed E-state index contributed by atoms with van der Waals surface area (Å²) in [5, 5.41) is 0. The van der Waals surface area contributed by atoms with E-state index < -0.39 is 11.8 Å². The summed E-state index contributed by atoms with van der Waals surface area (Å²) in [5.41, 5.74) is 1.82. The molecule has 0 unspecified atom stereocenters. The summed E-state index contributed by atoms with van der Waals surface area (Å²) < 4.78 is 25.2. The molecule has 1 heterocycles. The number of rotatable bonds is 6. The van der Waals surface area contributed by atoms with E-state index in [4.69, 9.17) is 9.47 Å². The van der Waals surface area contributed by atoms with E-state index in [9.17, 15) is 14.0 Å². The Morgan fingerprint density at radius 1 is 1.03 bits per heavy atom. The van der Waals surface area contributed by atoms with Gasteiger partial charge in [0.1, 0.15) is 11.6 Å². The van der Waals surface area contributed by atoms with E-state index in [1.807, 2.05) is 6.07 Å². The molecule has 0 bridgehead atoms. The van der Waals surface area contributed by atoms with Gasteiger partial charge in [-0.25, -0.2) is 14.2 Å². The molecule has 3 aromatic rings. The summed E-state index contributed by atoms with van der Waals surface area (Å²) in [6, 6.07) is 17.9. The van der Waals surface area contributed by atoms with Crippen LogP contribution in [0.4, 0.5) is 4.39 Å². The summed E-state index contributed by atoms with van der Waals surface area (Å²) in [5.74, 6) is -0.575. The van der Waals surface area contributed by atoms with Crippen molar-refractivity contribution >= 4 is 55.6 Å². The van der Waals surface area contributed by atoms with Gasteiger partial charge in [-0.3, -0.25) is 4.79 Å². The highest BCUT2D eigenvalue weighted by atomic mass is 79.9. The maximum absolute atomic E-state index is 13.1. The second kappa shape index (κ2) is 9.58. The Kier molecular flexibility index (Phi) is 6.62. The zero-order valence-corrected chi connectivity index (χ0v) is 19.5. The first-order chi connectivity index (χ1) is 15.4. The van der Waals surface area contributed by atoms with Crippen LogP contribution in [0, 0.1) is 5.82 Å². The van der Waals surface area contributed by atoms with Crippen LogP contribution in [0.3, 0.4) is 0 Å². The molecule has 0 aliphatic carbocycles. The number of Topliss-reactive ketones (excluding diaryl/α,β-unsaturated/α-hetero) is 1. The predicted octanol–water partition coefficient (Wildman–Crippen LogP) is 5.96. The molecule has 0 spiro atoms. The van der Waals surface area contributed by atoms with Crippen LogP contribution in [0.2, 0.25) is 0 Å². The second-order valence-corrected chi connectivity index (χ2v) is 8.44. The van der Waals surface area contributed by atoms with Gasteiger partial charge in [0, 0.05) is 11.1 Å². The first kappa shape index (κ1) is 22.1. The summed E-state index contributed by atoms with van der Waals surface area (Å²) in [6.07, 6.45) is 1.56. The van der Waals surface area contributed by atoms with Crippen LogP contribution in [0.5, 0.6) is 5.75 Å². The van der Waals surface area contributed by atoms with Crippen LogP contribution in [-0.2, 0) is 9.53 Å². The van der Waals surface area contributed by atoms with Gasteiger partial charge in [-0.15, -0.1) is 0 Å². The lowest BCUT2D eigenvalue weighted by atomic mass is 10.1. The number of cyclic esters (lactones) is 1. The smallest absolute Gasteiger partial charge is 0.363 e. The Bertz CT molecular complexity index is 1230. The van der Waals surface area contributed by atoms with E-state index >= 15 is 0 Å². The van der Waals surface area contributed by atoms with Gasteiger partial charge in [-0.1, -0.05) is 30.3 Å². The summed E-state index contributed by atoms with van der Waals surface area (Å²) in [7, 11) is 0. The van der Waals surface area contributed by atoms with Gasteiger partial charge in [0.2, 0.25) is 5.90 Å². The topological polar surface area (TPSA) is 65.0 Å². The molecule has 0 amide bonds. The highest BCUT2D eigenvalue weighted by molar-refractivity contribution is 9.11. The molecule has 4 rings (SSSR count). The molecule has 160 valence electrons. The van der Waals surface area contributed by atoms with Crippen molar-refractivity contribution in [2.45, 2.75) is 0 Å². The molecule has 5 nitrogen and oxygen atoms in total. The summed E-state index contributed by atoms with van der Waals surface area (Å²) >= 11 is 6.88. The second-order valence-electron chi connectivity index (χ2n) is 6.73. The molecule has 0 N–H and O–H groups in total. The minimum absolute atomic E-state index is 0.107. The molecular weight excluding hydrogens is 545 g/mol. The lowest BCUT2D eigenvalue weighted by Gasteiger charge is -2.11. The first-order valence-electron chi connectivity index (χ1n) is 9.39.